The van der Waals surface area contributed by atoms with Gasteiger partial charge in [0.1, 0.15) is 11.4 Å². The minimum Gasteiger partial charge on any atom is -0.495 e. The molecule has 10 heteroatoms. The number of nitrogens with one attached hydrogen (secondary N) is 1. The minimum absolute atomic E-state index is 0.228. The Morgan fingerprint density at radius 2 is 1.90 bits per heavy atom. The van der Waals surface area contributed by atoms with Gasteiger partial charge in [-0.25, -0.2) is 5.84 Å². The fraction of sp³-hybridized carbons (Fsp3) is 0.207. The number of rotatable bonds is 8. The topological polar surface area (TPSA) is 106 Å². The number of hydrogen-bond acceptors (Lipinski definition) is 7. The van der Waals surface area contributed by atoms with E-state index in [2.05, 4.69) is 10.3 Å². The van der Waals surface area contributed by atoms with E-state index in [4.69, 9.17) is 10.6 Å². The summed E-state index contributed by atoms with van der Waals surface area (Å²) in [5, 5.41) is 8.05. The zero-order valence-corrected chi connectivity index (χ0v) is 23.1. The maximum Gasteiger partial charge on any atom is 0.272 e. The quantitative estimate of drug-likeness (QED) is 0.169. The van der Waals surface area contributed by atoms with E-state index in [-0.39, 0.29) is 11.8 Å². The van der Waals surface area contributed by atoms with Gasteiger partial charge in [0.05, 0.1) is 29.6 Å². The Kier molecular flexibility index (Phi) is 7.34. The summed E-state index contributed by atoms with van der Waals surface area (Å²) in [6.45, 7) is 1.06. The molecular weight excluding hydrogens is 512 g/mol. The van der Waals surface area contributed by atoms with Gasteiger partial charge in [0, 0.05) is 47.8 Å². The molecule has 0 aliphatic heterocycles. The third-order valence-corrected chi connectivity index (χ3v) is 7.73. The number of carbonyl (C=O) groups is 2. The first kappa shape index (κ1) is 26.4. The molecule has 5 aromatic rings. The number of carbonyl (C=O) groups excluding carboxylic acids is 2. The Morgan fingerprint density at radius 1 is 1.10 bits per heavy atom. The molecular formula is C29H30N6O3S. The van der Waals surface area contributed by atoms with E-state index in [9.17, 15) is 9.59 Å². The molecule has 0 unspecified atom stereocenters. The second-order valence-corrected chi connectivity index (χ2v) is 10.4. The number of amides is 2. The molecule has 0 atom stereocenters. The van der Waals surface area contributed by atoms with E-state index in [1.165, 1.54) is 16.3 Å². The monoisotopic (exact) mass is 542 g/mol. The van der Waals surface area contributed by atoms with Crippen LogP contribution in [-0.2, 0) is 7.05 Å². The van der Waals surface area contributed by atoms with E-state index in [0.717, 1.165) is 32.1 Å². The Morgan fingerprint density at radius 3 is 2.64 bits per heavy atom. The van der Waals surface area contributed by atoms with Crippen LogP contribution in [0.15, 0.2) is 66.3 Å². The number of nitrogens with two attached hydrogens (primary N) is 1. The molecule has 0 aliphatic rings. The molecule has 3 heterocycles. The van der Waals surface area contributed by atoms with Gasteiger partial charge in [-0.15, -0.1) is 11.3 Å². The summed E-state index contributed by atoms with van der Waals surface area (Å²) in [5.41, 5.74) is 4.36. The van der Waals surface area contributed by atoms with Crippen LogP contribution >= 0.6 is 11.3 Å². The maximum absolute atomic E-state index is 13.2. The molecule has 3 N–H and O–H groups in total. The van der Waals surface area contributed by atoms with Crippen molar-refractivity contribution >= 4 is 49.8 Å². The van der Waals surface area contributed by atoms with Crippen molar-refractivity contribution in [3.8, 4) is 16.9 Å². The number of anilines is 1. The number of benzene rings is 2. The summed E-state index contributed by atoms with van der Waals surface area (Å²) < 4.78 is 8.34. The third-order valence-electron chi connectivity index (χ3n) is 6.71. The number of methoxy groups -OCH3 is 1. The van der Waals surface area contributed by atoms with Gasteiger partial charge >= 0.3 is 0 Å². The third kappa shape index (κ3) is 5.09. The Labute approximate surface area is 230 Å². The molecule has 200 valence electrons. The van der Waals surface area contributed by atoms with Crippen LogP contribution in [-0.4, -0.2) is 65.6 Å². The Hall–Kier alpha value is -4.25. The lowest BCUT2D eigenvalue weighted by atomic mass is 10.0. The largest absolute Gasteiger partial charge is 0.495 e. The standard InChI is InChI=1S/C29H30N6O3S/c1-33(2)11-12-35(30)29(37)21-16-31-15-20-22(17-39-27(20)21)18-9-10-23(26(14-18)38-4)32-28(36)25-13-19-7-5-6-8-24(19)34(25)3/h5-10,13-17H,11-12,30H2,1-4H3,(H,32,36). The second kappa shape index (κ2) is 10.9. The van der Waals surface area contributed by atoms with Crippen molar-refractivity contribution in [3.05, 3.63) is 77.6 Å². The number of fused-ring (bicyclic) bond motifs is 2. The number of pyridine rings is 1. The van der Waals surface area contributed by atoms with Crippen LogP contribution in [0.2, 0.25) is 0 Å². The van der Waals surface area contributed by atoms with Gasteiger partial charge in [0.15, 0.2) is 0 Å². The van der Waals surface area contributed by atoms with Crippen LogP contribution in [0.25, 0.3) is 32.1 Å². The predicted octanol–water partition coefficient (Wildman–Crippen LogP) is 4.59. The lowest BCUT2D eigenvalue weighted by Gasteiger charge is -2.19. The molecule has 5 rings (SSSR count). The van der Waals surface area contributed by atoms with E-state index in [1.54, 1.807) is 19.5 Å². The summed E-state index contributed by atoms with van der Waals surface area (Å²) in [4.78, 5) is 32.5. The fourth-order valence-electron chi connectivity index (χ4n) is 4.54. The number of ether oxygens (including phenoxy) is 1. The molecule has 39 heavy (non-hydrogen) atoms. The van der Waals surface area contributed by atoms with Gasteiger partial charge in [0.2, 0.25) is 0 Å². The van der Waals surface area contributed by atoms with E-state index < -0.39 is 0 Å². The van der Waals surface area contributed by atoms with Crippen molar-refractivity contribution < 1.29 is 14.3 Å². The van der Waals surface area contributed by atoms with E-state index >= 15 is 0 Å². The maximum atomic E-state index is 13.2. The average Bonchev–Trinajstić information content (AvgIpc) is 3.53. The number of nitrogens with zero attached hydrogens (tertiary/aromatic N) is 4. The number of thiophene rings is 1. The highest BCUT2D eigenvalue weighted by Crippen LogP contribution is 2.38. The van der Waals surface area contributed by atoms with Crippen LogP contribution in [0.1, 0.15) is 20.8 Å². The highest BCUT2D eigenvalue weighted by atomic mass is 32.1. The van der Waals surface area contributed by atoms with Crippen LogP contribution in [0, 0.1) is 0 Å². The van der Waals surface area contributed by atoms with Crippen molar-refractivity contribution in [2.75, 3.05) is 39.6 Å². The molecule has 9 nitrogen and oxygen atoms in total. The van der Waals surface area contributed by atoms with Gasteiger partial charge in [-0.2, -0.15) is 0 Å². The highest BCUT2D eigenvalue weighted by molar-refractivity contribution is 7.18. The van der Waals surface area contributed by atoms with Crippen molar-refractivity contribution in [1.82, 2.24) is 19.5 Å². The molecule has 0 bridgehead atoms. The second-order valence-electron chi connectivity index (χ2n) is 9.53. The Bertz CT molecular complexity index is 1690. The first-order valence-electron chi connectivity index (χ1n) is 12.4. The number of aromatic nitrogens is 2. The first-order chi connectivity index (χ1) is 18.8. The van der Waals surface area contributed by atoms with Crippen molar-refractivity contribution in [3.63, 3.8) is 0 Å². The first-order valence-corrected chi connectivity index (χ1v) is 13.3. The number of hydrogen-bond donors (Lipinski definition) is 2. The zero-order valence-electron chi connectivity index (χ0n) is 22.3. The Balaban J connectivity index is 1.43. The summed E-state index contributed by atoms with van der Waals surface area (Å²) in [7, 11) is 7.30. The average molecular weight is 543 g/mol. The summed E-state index contributed by atoms with van der Waals surface area (Å²) in [6, 6.07) is 15.4. The summed E-state index contributed by atoms with van der Waals surface area (Å²) in [5.74, 6) is 6.08. The molecule has 0 spiro atoms. The normalized spacial score (nSPS) is 11.3. The van der Waals surface area contributed by atoms with Crippen molar-refractivity contribution in [1.29, 1.82) is 0 Å². The van der Waals surface area contributed by atoms with Crippen LogP contribution in [0.3, 0.4) is 0 Å². The molecule has 0 saturated heterocycles. The molecule has 0 radical (unpaired) electrons. The molecule has 3 aromatic heterocycles. The van der Waals surface area contributed by atoms with Crippen LogP contribution in [0.5, 0.6) is 5.75 Å². The smallest absolute Gasteiger partial charge is 0.272 e. The molecule has 0 aliphatic carbocycles. The molecule has 2 aromatic carbocycles. The molecule has 0 saturated carbocycles. The fourth-order valence-corrected chi connectivity index (χ4v) is 5.60. The lowest BCUT2D eigenvalue weighted by Crippen LogP contribution is -2.41. The van der Waals surface area contributed by atoms with E-state index in [0.29, 0.717) is 35.8 Å². The molecule has 2 amide bonds. The summed E-state index contributed by atoms with van der Waals surface area (Å²) in [6.07, 6.45) is 3.31. The predicted molar refractivity (Wildman–Crippen MR) is 156 cm³/mol. The van der Waals surface area contributed by atoms with Crippen molar-refractivity contribution in [2.24, 2.45) is 12.9 Å². The summed E-state index contributed by atoms with van der Waals surface area (Å²) >= 11 is 1.47. The number of para-hydroxylation sites is 1. The zero-order chi connectivity index (χ0) is 27.7. The van der Waals surface area contributed by atoms with Crippen LogP contribution < -0.4 is 15.9 Å². The lowest BCUT2D eigenvalue weighted by molar-refractivity contribution is 0.0746. The van der Waals surface area contributed by atoms with Crippen molar-refractivity contribution in [2.45, 2.75) is 0 Å². The van der Waals surface area contributed by atoms with E-state index in [1.807, 2.05) is 84.5 Å². The number of aryl methyl sites for hydroxylation is 1. The SMILES string of the molecule is COc1cc(-c2csc3c(C(=O)N(N)CCN(C)C)cncc23)ccc1NC(=O)c1cc2ccccc2n1C. The van der Waals surface area contributed by atoms with Crippen LogP contribution in [0.4, 0.5) is 5.69 Å². The van der Waals surface area contributed by atoms with Gasteiger partial charge in [0.25, 0.3) is 11.8 Å². The highest BCUT2D eigenvalue weighted by Gasteiger charge is 2.20. The minimum atomic E-state index is -0.271. The molecule has 0 fully saturated rings. The number of likely N-dealkylation sites (N-methyl/N-ethyl adjacent to an activating group) is 1. The van der Waals surface area contributed by atoms with Gasteiger partial charge in [-0.1, -0.05) is 24.3 Å². The number of hydrazine groups is 1. The van der Waals surface area contributed by atoms with Gasteiger partial charge < -0.3 is 19.5 Å². The van der Waals surface area contributed by atoms with Gasteiger partial charge in [-0.3, -0.25) is 19.6 Å². The van der Waals surface area contributed by atoms with Gasteiger partial charge in [-0.05, 0) is 49.3 Å².